The van der Waals surface area contributed by atoms with Crippen LogP contribution in [0.25, 0.3) is 0 Å². The number of hydrogen-bond donors (Lipinski definition) is 1. The van der Waals surface area contributed by atoms with Crippen molar-refractivity contribution in [3.63, 3.8) is 0 Å². The molecule has 0 atom stereocenters. The molecule has 0 aliphatic rings. The molecule has 4 heteroatoms. The molecule has 0 aliphatic heterocycles. The van der Waals surface area contributed by atoms with Crippen LogP contribution >= 0.6 is 0 Å². The average molecular weight is 211 g/mol. The van der Waals surface area contributed by atoms with E-state index in [-0.39, 0.29) is 0 Å². The van der Waals surface area contributed by atoms with Crippen LogP contribution in [0.1, 0.15) is 11.1 Å². The van der Waals surface area contributed by atoms with Crippen molar-refractivity contribution in [2.75, 3.05) is 20.8 Å². The average Bonchev–Trinajstić information content (AvgIpc) is 2.27. The van der Waals surface area contributed by atoms with Crippen LogP contribution in [0, 0.1) is 6.92 Å². The number of nitrogens with two attached hydrogens (primary N) is 1. The molecule has 4 nitrogen and oxygen atoms in total. The zero-order chi connectivity index (χ0) is 11.3. The summed E-state index contributed by atoms with van der Waals surface area (Å²) in [4.78, 5) is 4.58. The molecule has 84 valence electrons. The third-order valence-electron chi connectivity index (χ3n) is 2.35. The molecule has 0 unspecified atom stereocenters. The first-order valence-corrected chi connectivity index (χ1v) is 4.76. The van der Waals surface area contributed by atoms with Gasteiger partial charge in [-0.3, -0.25) is 0 Å². The van der Waals surface area contributed by atoms with Gasteiger partial charge in [-0.1, -0.05) is 6.07 Å². The highest BCUT2D eigenvalue weighted by Crippen LogP contribution is 2.33. The molecule has 15 heavy (non-hydrogen) atoms. The molecular weight excluding hydrogens is 194 g/mol. The van der Waals surface area contributed by atoms with Gasteiger partial charge >= 0.3 is 0 Å². The van der Waals surface area contributed by atoms with Gasteiger partial charge < -0.3 is 14.3 Å². The summed E-state index contributed by atoms with van der Waals surface area (Å²) in [6.45, 7) is 2.48. The Morgan fingerprint density at radius 2 is 1.93 bits per heavy atom. The molecule has 0 amide bonds. The van der Waals surface area contributed by atoms with E-state index in [2.05, 4.69) is 4.84 Å². The van der Waals surface area contributed by atoms with Gasteiger partial charge in [0.15, 0.2) is 11.5 Å². The quantitative estimate of drug-likeness (QED) is 0.749. The van der Waals surface area contributed by atoms with Gasteiger partial charge in [-0.15, -0.1) is 0 Å². The Morgan fingerprint density at radius 3 is 2.47 bits per heavy atom. The third kappa shape index (κ3) is 2.61. The molecule has 0 saturated carbocycles. The number of rotatable bonds is 5. The van der Waals surface area contributed by atoms with Gasteiger partial charge in [0.1, 0.15) is 0 Å². The maximum atomic E-state index is 5.32. The van der Waals surface area contributed by atoms with Gasteiger partial charge in [0.2, 0.25) is 0 Å². The van der Waals surface area contributed by atoms with Crippen molar-refractivity contribution in [3.8, 4) is 11.5 Å². The first-order valence-electron chi connectivity index (χ1n) is 4.76. The lowest BCUT2D eigenvalue weighted by atomic mass is 10.0. The molecule has 0 fully saturated rings. The number of ether oxygens (including phenoxy) is 2. The normalized spacial score (nSPS) is 10.1. The lowest BCUT2D eigenvalue weighted by molar-refractivity contribution is 0.140. The molecule has 0 aliphatic carbocycles. The largest absolute Gasteiger partial charge is 0.493 e. The lowest BCUT2D eigenvalue weighted by Crippen LogP contribution is -2.06. The molecule has 0 aromatic heterocycles. The van der Waals surface area contributed by atoms with Crippen LogP contribution in [0.15, 0.2) is 12.1 Å². The topological polar surface area (TPSA) is 53.7 Å². The van der Waals surface area contributed by atoms with E-state index in [0.29, 0.717) is 13.0 Å². The molecule has 0 radical (unpaired) electrons. The first kappa shape index (κ1) is 11.8. The Hall–Kier alpha value is -1.26. The predicted molar refractivity (Wildman–Crippen MR) is 58.1 cm³/mol. The fourth-order valence-corrected chi connectivity index (χ4v) is 1.56. The highest BCUT2D eigenvalue weighted by Gasteiger charge is 2.12. The molecule has 0 saturated heterocycles. The standard InChI is InChI=1S/C11H17NO3/c1-8-4-5-10(13-2)11(14-3)9(8)6-7-15-12/h4-5H,6-7,12H2,1-3H3. The van der Waals surface area contributed by atoms with Crippen LogP contribution in [0.3, 0.4) is 0 Å². The van der Waals surface area contributed by atoms with Gasteiger partial charge in [0.05, 0.1) is 20.8 Å². The van der Waals surface area contributed by atoms with Crippen LogP contribution in [0.2, 0.25) is 0 Å². The maximum Gasteiger partial charge on any atom is 0.164 e. The van der Waals surface area contributed by atoms with Crippen molar-refractivity contribution < 1.29 is 14.3 Å². The summed E-state index contributed by atoms with van der Waals surface area (Å²) in [6.07, 6.45) is 0.711. The second-order valence-electron chi connectivity index (χ2n) is 3.22. The number of aryl methyl sites for hydroxylation is 1. The van der Waals surface area contributed by atoms with E-state index >= 15 is 0 Å². The zero-order valence-corrected chi connectivity index (χ0v) is 9.37. The second-order valence-corrected chi connectivity index (χ2v) is 3.22. The Balaban J connectivity index is 3.07. The third-order valence-corrected chi connectivity index (χ3v) is 2.35. The molecule has 1 rings (SSSR count). The first-order chi connectivity index (χ1) is 7.24. The molecule has 2 N–H and O–H groups in total. The van der Waals surface area contributed by atoms with Crippen LogP contribution in [-0.2, 0) is 11.3 Å². The van der Waals surface area contributed by atoms with Gasteiger partial charge in [-0.2, -0.15) is 0 Å². The lowest BCUT2D eigenvalue weighted by Gasteiger charge is -2.14. The van der Waals surface area contributed by atoms with Crippen molar-refractivity contribution in [1.82, 2.24) is 0 Å². The van der Waals surface area contributed by atoms with Gasteiger partial charge in [-0.25, -0.2) is 5.90 Å². The SMILES string of the molecule is COc1ccc(C)c(CCON)c1OC. The number of benzene rings is 1. The number of hydrogen-bond acceptors (Lipinski definition) is 4. The van der Waals surface area contributed by atoms with Gasteiger partial charge in [0, 0.05) is 12.0 Å². The smallest absolute Gasteiger partial charge is 0.164 e. The van der Waals surface area contributed by atoms with Gasteiger partial charge in [-0.05, 0) is 18.6 Å². The van der Waals surface area contributed by atoms with Crippen molar-refractivity contribution in [2.24, 2.45) is 5.90 Å². The molecule has 0 bridgehead atoms. The summed E-state index contributed by atoms with van der Waals surface area (Å²) < 4.78 is 10.5. The Kier molecular flexibility index (Phi) is 4.39. The summed E-state index contributed by atoms with van der Waals surface area (Å²) in [5, 5.41) is 0. The van der Waals surface area contributed by atoms with E-state index in [9.17, 15) is 0 Å². The van der Waals surface area contributed by atoms with Crippen LogP contribution in [0.4, 0.5) is 0 Å². The molecule has 1 aromatic rings. The monoisotopic (exact) mass is 211 g/mol. The summed E-state index contributed by atoms with van der Waals surface area (Å²) in [7, 11) is 3.25. The van der Waals surface area contributed by atoms with Gasteiger partial charge in [0.25, 0.3) is 0 Å². The summed E-state index contributed by atoms with van der Waals surface area (Å²) in [6, 6.07) is 3.88. The minimum absolute atomic E-state index is 0.463. The van der Waals surface area contributed by atoms with Crippen molar-refractivity contribution in [2.45, 2.75) is 13.3 Å². The van der Waals surface area contributed by atoms with E-state index in [1.807, 2.05) is 19.1 Å². The summed E-state index contributed by atoms with van der Waals surface area (Å²) in [5.41, 5.74) is 2.21. The fraction of sp³-hybridized carbons (Fsp3) is 0.455. The Labute approximate surface area is 89.9 Å². The van der Waals surface area contributed by atoms with Crippen molar-refractivity contribution in [1.29, 1.82) is 0 Å². The Morgan fingerprint density at radius 1 is 1.20 bits per heavy atom. The van der Waals surface area contributed by atoms with Crippen LogP contribution in [-0.4, -0.2) is 20.8 Å². The summed E-state index contributed by atoms with van der Waals surface area (Å²) in [5.74, 6) is 6.51. The van der Waals surface area contributed by atoms with Crippen molar-refractivity contribution >= 4 is 0 Å². The zero-order valence-electron chi connectivity index (χ0n) is 9.37. The van der Waals surface area contributed by atoms with E-state index in [0.717, 1.165) is 22.6 Å². The molecule has 1 aromatic carbocycles. The highest BCUT2D eigenvalue weighted by atomic mass is 16.6. The molecule has 0 heterocycles. The summed E-state index contributed by atoms with van der Waals surface area (Å²) >= 11 is 0. The minimum Gasteiger partial charge on any atom is -0.493 e. The second kappa shape index (κ2) is 5.58. The van der Waals surface area contributed by atoms with Crippen LogP contribution in [0.5, 0.6) is 11.5 Å². The fourth-order valence-electron chi connectivity index (χ4n) is 1.56. The van der Waals surface area contributed by atoms with Crippen molar-refractivity contribution in [3.05, 3.63) is 23.3 Å². The van der Waals surface area contributed by atoms with E-state index < -0.39 is 0 Å². The Bertz CT molecular complexity index is 326. The minimum atomic E-state index is 0.463. The van der Waals surface area contributed by atoms with Crippen LogP contribution < -0.4 is 15.4 Å². The maximum absolute atomic E-state index is 5.32. The van der Waals surface area contributed by atoms with E-state index in [1.54, 1.807) is 14.2 Å². The van der Waals surface area contributed by atoms with E-state index in [4.69, 9.17) is 15.4 Å². The predicted octanol–water partition coefficient (Wildman–Crippen LogP) is 1.45. The number of methoxy groups -OCH3 is 2. The van der Waals surface area contributed by atoms with E-state index in [1.165, 1.54) is 0 Å². The highest BCUT2D eigenvalue weighted by molar-refractivity contribution is 5.50. The molecular formula is C11H17NO3. The molecule has 0 spiro atoms.